The normalized spacial score (nSPS) is 15.0. The molecule has 0 saturated carbocycles. The smallest absolute Gasteiger partial charge is 0.323 e. The predicted molar refractivity (Wildman–Crippen MR) is 88.2 cm³/mol. The van der Waals surface area contributed by atoms with Gasteiger partial charge >= 0.3 is 6.18 Å². The van der Waals surface area contributed by atoms with Gasteiger partial charge in [-0.1, -0.05) is 17.2 Å². The molecule has 10 heteroatoms. The van der Waals surface area contributed by atoms with Gasteiger partial charge in [0.2, 0.25) is 5.91 Å². The Hall–Kier alpha value is -2.00. The maximum atomic E-state index is 12.7. The van der Waals surface area contributed by atoms with Crippen molar-refractivity contribution in [2.24, 2.45) is 0 Å². The number of nitrogens with one attached hydrogen (secondary N) is 1. The van der Waals surface area contributed by atoms with E-state index >= 15 is 0 Å². The van der Waals surface area contributed by atoms with Crippen LogP contribution in [0.3, 0.4) is 0 Å². The molecule has 0 spiro atoms. The maximum absolute atomic E-state index is 12.7. The van der Waals surface area contributed by atoms with Crippen LogP contribution in [0.2, 0.25) is 5.02 Å². The number of imide groups is 1. The molecule has 0 atom stereocenters. The van der Waals surface area contributed by atoms with E-state index in [9.17, 15) is 27.6 Å². The summed E-state index contributed by atoms with van der Waals surface area (Å²) in [5.74, 6) is -1.45. The Morgan fingerprint density at radius 3 is 2.44 bits per heavy atom. The van der Waals surface area contributed by atoms with E-state index in [-0.39, 0.29) is 15.6 Å². The second-order valence-corrected chi connectivity index (χ2v) is 6.70. The van der Waals surface area contributed by atoms with E-state index in [2.05, 4.69) is 5.32 Å². The third-order valence-electron chi connectivity index (χ3n) is 3.17. The van der Waals surface area contributed by atoms with E-state index in [0.29, 0.717) is 23.4 Å². The number of halogens is 4. The van der Waals surface area contributed by atoms with Crippen molar-refractivity contribution in [2.75, 3.05) is 11.9 Å². The Kier molecular flexibility index (Phi) is 5.48. The van der Waals surface area contributed by atoms with Gasteiger partial charge in [-0.15, -0.1) is 0 Å². The van der Waals surface area contributed by atoms with Crippen LogP contribution in [0.1, 0.15) is 19.4 Å². The molecule has 2 rings (SSSR count). The first-order valence-corrected chi connectivity index (χ1v) is 8.08. The minimum Gasteiger partial charge on any atom is -0.323 e. The van der Waals surface area contributed by atoms with Crippen LogP contribution in [0.25, 0.3) is 0 Å². The molecular formula is C15H12ClF3N2O3S. The largest absolute Gasteiger partial charge is 0.416 e. The monoisotopic (exact) mass is 392 g/mol. The summed E-state index contributed by atoms with van der Waals surface area (Å²) in [6, 6.07) is 2.47. The second kappa shape index (κ2) is 7.09. The highest BCUT2D eigenvalue weighted by Crippen LogP contribution is 2.35. The third-order valence-corrected chi connectivity index (χ3v) is 4.68. The lowest BCUT2D eigenvalue weighted by molar-refractivity contribution is -0.137. The molecule has 0 aliphatic carbocycles. The Bertz CT molecular complexity index is 789. The molecule has 1 aliphatic rings. The second-order valence-electron chi connectivity index (χ2n) is 5.33. The van der Waals surface area contributed by atoms with Gasteiger partial charge in [0.1, 0.15) is 6.54 Å². The summed E-state index contributed by atoms with van der Waals surface area (Å²) in [5, 5.41) is 1.48. The number of thioether (sulfide) groups is 1. The number of amides is 3. The van der Waals surface area contributed by atoms with Crippen LogP contribution < -0.4 is 5.32 Å². The molecule has 1 aromatic carbocycles. The molecule has 25 heavy (non-hydrogen) atoms. The average Bonchev–Trinajstić information content (AvgIpc) is 2.76. The van der Waals surface area contributed by atoms with Crippen molar-refractivity contribution in [2.45, 2.75) is 20.0 Å². The van der Waals surface area contributed by atoms with E-state index in [4.69, 9.17) is 11.6 Å². The Balaban J connectivity index is 2.15. The maximum Gasteiger partial charge on any atom is 0.416 e. The topological polar surface area (TPSA) is 66.5 Å². The molecule has 134 valence electrons. The number of rotatable bonds is 3. The zero-order valence-corrected chi connectivity index (χ0v) is 14.6. The highest BCUT2D eigenvalue weighted by molar-refractivity contribution is 8.18. The predicted octanol–water partition coefficient (Wildman–Crippen LogP) is 4.29. The zero-order chi connectivity index (χ0) is 18.9. The first-order valence-electron chi connectivity index (χ1n) is 6.88. The van der Waals surface area contributed by atoms with E-state index in [1.807, 2.05) is 0 Å². The lowest BCUT2D eigenvalue weighted by Crippen LogP contribution is -2.36. The zero-order valence-electron chi connectivity index (χ0n) is 13.0. The van der Waals surface area contributed by atoms with E-state index in [1.165, 1.54) is 0 Å². The van der Waals surface area contributed by atoms with Crippen molar-refractivity contribution in [3.63, 3.8) is 0 Å². The minimum atomic E-state index is -4.60. The molecule has 1 saturated heterocycles. The van der Waals surface area contributed by atoms with Gasteiger partial charge in [-0.05, 0) is 43.8 Å². The fourth-order valence-electron chi connectivity index (χ4n) is 1.97. The molecule has 1 fully saturated rings. The summed E-state index contributed by atoms with van der Waals surface area (Å²) in [5.41, 5.74) is -0.606. The van der Waals surface area contributed by atoms with Crippen molar-refractivity contribution >= 4 is 46.1 Å². The van der Waals surface area contributed by atoms with E-state index in [0.717, 1.165) is 17.0 Å². The quantitative estimate of drug-likeness (QED) is 0.779. The van der Waals surface area contributed by atoms with Gasteiger partial charge < -0.3 is 5.32 Å². The number of hydrogen-bond acceptors (Lipinski definition) is 4. The first-order chi connectivity index (χ1) is 11.5. The summed E-state index contributed by atoms with van der Waals surface area (Å²) in [7, 11) is 0. The van der Waals surface area contributed by atoms with Gasteiger partial charge in [-0.2, -0.15) is 13.2 Å². The van der Waals surface area contributed by atoms with Crippen molar-refractivity contribution in [1.82, 2.24) is 4.90 Å². The van der Waals surface area contributed by atoms with Crippen LogP contribution in [0, 0.1) is 0 Å². The van der Waals surface area contributed by atoms with Gasteiger partial charge in [-0.25, -0.2) is 0 Å². The number of anilines is 1. The van der Waals surface area contributed by atoms with Crippen molar-refractivity contribution in [3.8, 4) is 0 Å². The molecule has 3 amide bonds. The molecule has 0 bridgehead atoms. The van der Waals surface area contributed by atoms with Gasteiger partial charge in [0.05, 0.1) is 21.2 Å². The highest BCUT2D eigenvalue weighted by Gasteiger charge is 2.37. The molecule has 5 nitrogen and oxygen atoms in total. The number of nitrogens with zero attached hydrogens (tertiary/aromatic N) is 1. The number of allylic oxidation sites excluding steroid dienone is 1. The molecule has 1 heterocycles. The van der Waals surface area contributed by atoms with E-state index in [1.54, 1.807) is 13.8 Å². The summed E-state index contributed by atoms with van der Waals surface area (Å²) in [6.07, 6.45) is -4.60. The average molecular weight is 393 g/mol. The van der Waals surface area contributed by atoms with Crippen LogP contribution in [-0.2, 0) is 15.8 Å². The summed E-state index contributed by atoms with van der Waals surface area (Å²) in [4.78, 5) is 36.9. The Morgan fingerprint density at radius 1 is 1.28 bits per heavy atom. The SMILES string of the molecule is CC(C)=C1SC(=O)N(CC(=O)Nc2cc(C(F)(F)F)ccc2Cl)C1=O. The van der Waals surface area contributed by atoms with Gasteiger partial charge in [0.15, 0.2) is 0 Å². The van der Waals surface area contributed by atoms with Crippen LogP contribution in [0.15, 0.2) is 28.7 Å². The molecule has 1 aromatic rings. The molecule has 0 unspecified atom stereocenters. The number of alkyl halides is 3. The number of hydrogen-bond donors (Lipinski definition) is 1. The standard InChI is InChI=1S/C15H12ClF3N2O3S/c1-7(2)12-13(23)21(14(24)25-12)6-11(22)20-10-5-8(15(17,18)19)3-4-9(10)16/h3-5H,6H2,1-2H3,(H,20,22). The van der Waals surface area contributed by atoms with Crippen molar-refractivity contribution in [1.29, 1.82) is 0 Å². The lowest BCUT2D eigenvalue weighted by Gasteiger charge is -2.14. The lowest BCUT2D eigenvalue weighted by atomic mass is 10.2. The Labute approximate surface area is 150 Å². The number of carbonyl (C=O) groups excluding carboxylic acids is 3. The summed E-state index contributed by atoms with van der Waals surface area (Å²) >= 11 is 6.50. The molecule has 1 aliphatic heterocycles. The summed E-state index contributed by atoms with van der Waals surface area (Å²) < 4.78 is 38.2. The summed E-state index contributed by atoms with van der Waals surface area (Å²) in [6.45, 7) is 2.69. The van der Waals surface area contributed by atoms with Gasteiger partial charge in [0.25, 0.3) is 11.1 Å². The van der Waals surface area contributed by atoms with Crippen LogP contribution in [0.4, 0.5) is 23.7 Å². The third kappa shape index (κ3) is 4.35. The highest BCUT2D eigenvalue weighted by atomic mass is 35.5. The fraction of sp³-hybridized carbons (Fsp3) is 0.267. The molecule has 0 radical (unpaired) electrons. The van der Waals surface area contributed by atoms with Crippen LogP contribution in [-0.4, -0.2) is 28.5 Å². The van der Waals surface area contributed by atoms with Crippen molar-refractivity contribution < 1.29 is 27.6 Å². The first kappa shape index (κ1) is 19.3. The number of benzene rings is 1. The molecule has 1 N–H and O–H groups in total. The molecule has 0 aromatic heterocycles. The van der Waals surface area contributed by atoms with Crippen LogP contribution >= 0.6 is 23.4 Å². The van der Waals surface area contributed by atoms with Gasteiger partial charge in [-0.3, -0.25) is 19.3 Å². The molecular weight excluding hydrogens is 381 g/mol. The minimum absolute atomic E-state index is 0.0974. The Morgan fingerprint density at radius 2 is 1.92 bits per heavy atom. The number of carbonyl (C=O) groups is 3. The van der Waals surface area contributed by atoms with Crippen LogP contribution in [0.5, 0.6) is 0 Å². The van der Waals surface area contributed by atoms with Gasteiger partial charge in [0, 0.05) is 0 Å². The van der Waals surface area contributed by atoms with Crippen molar-refractivity contribution in [3.05, 3.63) is 39.3 Å². The van der Waals surface area contributed by atoms with E-state index < -0.39 is 35.3 Å². The fourth-order valence-corrected chi connectivity index (χ4v) is 2.97.